The maximum Gasteiger partial charge on any atom is 0.514 e. The van der Waals surface area contributed by atoms with Crippen molar-refractivity contribution in [3.63, 3.8) is 0 Å². The molecule has 0 heterocycles. The number of carbonyl (C=O) groups is 2. The summed E-state index contributed by atoms with van der Waals surface area (Å²) in [6.45, 7) is 7.73. The molecular weight excluding hydrogens is 384 g/mol. The minimum Gasteiger partial charge on any atom is -0.453 e. The number of methoxy groups -OCH3 is 1. The summed E-state index contributed by atoms with van der Waals surface area (Å²) >= 11 is 0. The van der Waals surface area contributed by atoms with Crippen LogP contribution in [0.25, 0.3) is 0 Å². The van der Waals surface area contributed by atoms with Gasteiger partial charge in [0.15, 0.2) is 0 Å². The number of carbonyl (C=O) groups excluding carboxylic acids is 2. The number of alkyl carbamates (subject to hydrolysis) is 1. The van der Waals surface area contributed by atoms with E-state index in [9.17, 15) is 19.7 Å². The first-order valence-corrected chi connectivity index (χ1v) is 9.08. The number of aliphatic hydroxyl groups is 1. The molecule has 0 bridgehead atoms. The summed E-state index contributed by atoms with van der Waals surface area (Å²) in [4.78, 5) is 31.7. The molecule has 29 heavy (non-hydrogen) atoms. The van der Waals surface area contributed by atoms with Gasteiger partial charge in [-0.15, -0.1) is 0 Å². The van der Waals surface area contributed by atoms with E-state index in [2.05, 4.69) is 23.9 Å². The lowest BCUT2D eigenvalue weighted by atomic mass is 10.1. The van der Waals surface area contributed by atoms with Gasteiger partial charge in [0.1, 0.15) is 11.4 Å². The number of nitrogens with one attached hydrogen (secondary N) is 1. The van der Waals surface area contributed by atoms with E-state index in [0.717, 1.165) is 12.8 Å². The maximum absolute atomic E-state index is 11.3. The number of ether oxygens (including phenoxy) is 3. The van der Waals surface area contributed by atoms with E-state index in [0.29, 0.717) is 12.5 Å². The fourth-order valence-electron chi connectivity index (χ4n) is 1.78. The zero-order valence-electron chi connectivity index (χ0n) is 17.5. The molecule has 0 unspecified atom stereocenters. The molecule has 0 aliphatic rings. The molecular formula is C19H30N2O8. The van der Waals surface area contributed by atoms with Gasteiger partial charge >= 0.3 is 12.2 Å². The molecule has 164 valence electrons. The van der Waals surface area contributed by atoms with Crippen LogP contribution in [0.3, 0.4) is 0 Å². The lowest BCUT2D eigenvalue weighted by molar-refractivity contribution is -0.384. The highest BCUT2D eigenvalue weighted by Gasteiger charge is 2.23. The third-order valence-electron chi connectivity index (χ3n) is 3.40. The van der Waals surface area contributed by atoms with E-state index in [1.54, 1.807) is 0 Å². The van der Waals surface area contributed by atoms with Crippen LogP contribution in [0.4, 0.5) is 15.3 Å². The minimum absolute atomic E-state index is 0.105. The van der Waals surface area contributed by atoms with Gasteiger partial charge in [-0.25, -0.2) is 9.59 Å². The molecule has 0 fully saturated rings. The first-order chi connectivity index (χ1) is 13.5. The van der Waals surface area contributed by atoms with E-state index < -0.39 is 16.7 Å². The van der Waals surface area contributed by atoms with Crippen LogP contribution >= 0.6 is 0 Å². The second-order valence-electron chi connectivity index (χ2n) is 7.08. The number of nitro benzene ring substituents is 1. The first-order valence-electron chi connectivity index (χ1n) is 9.08. The quantitative estimate of drug-likeness (QED) is 0.216. The number of rotatable bonds is 8. The molecule has 0 aromatic heterocycles. The molecule has 0 aliphatic heterocycles. The molecule has 10 heteroatoms. The lowest BCUT2D eigenvalue weighted by Crippen LogP contribution is -2.33. The van der Waals surface area contributed by atoms with Gasteiger partial charge < -0.3 is 24.6 Å². The fourth-order valence-corrected chi connectivity index (χ4v) is 1.78. The van der Waals surface area contributed by atoms with Gasteiger partial charge in [0.05, 0.1) is 18.6 Å². The van der Waals surface area contributed by atoms with Crippen LogP contribution in [-0.2, 0) is 9.47 Å². The van der Waals surface area contributed by atoms with Crippen molar-refractivity contribution >= 4 is 17.9 Å². The lowest BCUT2D eigenvalue weighted by Gasteiger charge is -2.21. The van der Waals surface area contributed by atoms with Crippen molar-refractivity contribution in [2.45, 2.75) is 46.1 Å². The van der Waals surface area contributed by atoms with E-state index in [-0.39, 0.29) is 24.1 Å². The van der Waals surface area contributed by atoms with Crippen molar-refractivity contribution in [2.24, 2.45) is 5.92 Å². The summed E-state index contributed by atoms with van der Waals surface area (Å²) in [5.74, 6) is 0.828. The van der Waals surface area contributed by atoms with E-state index >= 15 is 0 Å². The van der Waals surface area contributed by atoms with Crippen molar-refractivity contribution < 1.29 is 33.8 Å². The topological polar surface area (TPSA) is 137 Å². The number of benzene rings is 1. The Labute approximate surface area is 170 Å². The van der Waals surface area contributed by atoms with Gasteiger partial charge in [0.2, 0.25) is 0 Å². The summed E-state index contributed by atoms with van der Waals surface area (Å²) in [7, 11) is 1.37. The van der Waals surface area contributed by atoms with Crippen LogP contribution in [0, 0.1) is 16.0 Å². The van der Waals surface area contributed by atoms with Gasteiger partial charge in [0.25, 0.3) is 5.69 Å². The number of non-ortho nitro benzene ring substituents is 1. The molecule has 1 aromatic rings. The number of aliphatic hydroxyl groups excluding tert-OH is 1. The van der Waals surface area contributed by atoms with Crippen LogP contribution in [0.1, 0.15) is 40.5 Å². The second kappa shape index (κ2) is 13.3. The predicted molar refractivity (Wildman–Crippen MR) is 106 cm³/mol. The summed E-state index contributed by atoms with van der Waals surface area (Å²) in [6.07, 6.45) is 0.841. The van der Waals surface area contributed by atoms with E-state index in [4.69, 9.17) is 14.6 Å². The highest BCUT2D eigenvalue weighted by molar-refractivity contribution is 5.66. The number of amides is 1. The van der Waals surface area contributed by atoms with E-state index in [1.807, 2.05) is 0 Å². The Kier molecular flexibility index (Phi) is 12.0. The van der Waals surface area contributed by atoms with Gasteiger partial charge in [-0.05, 0) is 44.7 Å². The number of nitro groups is 1. The third kappa shape index (κ3) is 13.0. The van der Waals surface area contributed by atoms with Crippen molar-refractivity contribution in [1.29, 1.82) is 0 Å². The molecule has 0 saturated heterocycles. The maximum atomic E-state index is 11.3. The number of nitrogens with zero attached hydrogens (tertiary/aromatic N) is 1. The van der Waals surface area contributed by atoms with Crippen molar-refractivity contribution in [1.82, 2.24) is 5.32 Å². The van der Waals surface area contributed by atoms with Crippen LogP contribution in [0.15, 0.2) is 24.3 Å². The Morgan fingerprint density at radius 1 is 1.24 bits per heavy atom. The molecule has 0 spiro atoms. The molecule has 1 amide bonds. The van der Waals surface area contributed by atoms with E-state index in [1.165, 1.54) is 45.2 Å². The SMILES string of the molecule is CC(C)(CO)OC(=O)Oc1ccc([N+](=O)[O-])cc1.COC(=O)NCCCC(C)C. The van der Waals surface area contributed by atoms with Crippen LogP contribution < -0.4 is 10.1 Å². The monoisotopic (exact) mass is 414 g/mol. The average molecular weight is 414 g/mol. The normalized spacial score (nSPS) is 10.4. The van der Waals surface area contributed by atoms with Crippen molar-refractivity contribution in [3.05, 3.63) is 34.4 Å². The summed E-state index contributed by atoms with van der Waals surface area (Å²) in [6, 6.07) is 4.98. The van der Waals surface area contributed by atoms with Crippen LogP contribution in [0.5, 0.6) is 5.75 Å². The summed E-state index contributed by atoms with van der Waals surface area (Å²) in [5, 5.41) is 21.9. The summed E-state index contributed by atoms with van der Waals surface area (Å²) in [5.41, 5.74) is -1.15. The van der Waals surface area contributed by atoms with Crippen LogP contribution in [0.2, 0.25) is 0 Å². The predicted octanol–water partition coefficient (Wildman–Crippen LogP) is 3.66. The number of hydrogen-bond donors (Lipinski definition) is 2. The Balaban J connectivity index is 0.000000614. The Morgan fingerprint density at radius 2 is 1.83 bits per heavy atom. The largest absolute Gasteiger partial charge is 0.514 e. The fraction of sp³-hybridized carbons (Fsp3) is 0.579. The standard InChI is InChI=1S/C11H13NO6.C8H17NO2/c1-11(2,7-13)18-10(14)17-9-5-3-8(4-6-9)12(15)16;1-7(2)5-4-6-9-8(10)11-3/h3-6,13H,7H2,1-2H3;7H,4-6H2,1-3H3,(H,9,10). The Hall–Kier alpha value is -2.88. The zero-order valence-corrected chi connectivity index (χ0v) is 17.5. The second-order valence-corrected chi connectivity index (χ2v) is 7.08. The van der Waals surface area contributed by atoms with Gasteiger partial charge in [0, 0.05) is 18.7 Å². The smallest absolute Gasteiger partial charge is 0.453 e. The molecule has 0 aliphatic carbocycles. The van der Waals surface area contributed by atoms with Gasteiger partial charge in [-0.3, -0.25) is 10.1 Å². The zero-order chi connectivity index (χ0) is 22.4. The third-order valence-corrected chi connectivity index (χ3v) is 3.40. The first kappa shape index (κ1) is 26.1. The molecule has 0 radical (unpaired) electrons. The van der Waals surface area contributed by atoms with Gasteiger partial charge in [-0.2, -0.15) is 0 Å². The van der Waals surface area contributed by atoms with Crippen molar-refractivity contribution in [3.8, 4) is 5.75 Å². The molecule has 0 atom stereocenters. The molecule has 0 saturated carbocycles. The van der Waals surface area contributed by atoms with Crippen molar-refractivity contribution in [2.75, 3.05) is 20.3 Å². The van der Waals surface area contributed by atoms with Gasteiger partial charge in [-0.1, -0.05) is 13.8 Å². The molecule has 10 nitrogen and oxygen atoms in total. The van der Waals surface area contributed by atoms with Crippen LogP contribution in [-0.4, -0.2) is 48.1 Å². The number of hydrogen-bond acceptors (Lipinski definition) is 8. The Bertz CT molecular complexity index is 644. The minimum atomic E-state index is -1.04. The molecule has 2 N–H and O–H groups in total. The highest BCUT2D eigenvalue weighted by Crippen LogP contribution is 2.18. The molecule has 1 rings (SSSR count). The Morgan fingerprint density at radius 3 is 2.28 bits per heavy atom. The highest BCUT2D eigenvalue weighted by atomic mass is 16.7. The average Bonchev–Trinajstić information content (AvgIpc) is 2.65. The summed E-state index contributed by atoms with van der Waals surface area (Å²) < 4.78 is 14.0. The molecule has 1 aromatic carbocycles.